The number of hydrogen-bond acceptors (Lipinski definition) is 14. The number of amides is 6. The first-order valence-corrected chi connectivity index (χ1v) is 22.3. The fourth-order valence-electron chi connectivity index (χ4n) is 6.07. The largest absolute Gasteiger partial charge is 0.481 e. The van der Waals surface area contributed by atoms with E-state index < -0.39 is 132 Å². The van der Waals surface area contributed by atoms with E-state index in [1.165, 1.54) is 18.7 Å². The van der Waals surface area contributed by atoms with Crippen LogP contribution in [0, 0.1) is 23.7 Å². The summed E-state index contributed by atoms with van der Waals surface area (Å²) < 4.78 is 5.80. The molecule has 62 heavy (non-hydrogen) atoms. The summed E-state index contributed by atoms with van der Waals surface area (Å²) in [6.45, 7) is 15.4. The van der Waals surface area contributed by atoms with Gasteiger partial charge in [-0.15, -0.1) is 0 Å². The lowest BCUT2D eigenvalue weighted by Gasteiger charge is -2.31. The lowest BCUT2D eigenvalue weighted by molar-refractivity contribution is -0.157. The summed E-state index contributed by atoms with van der Waals surface area (Å²) in [5, 5.41) is 34.6. The summed E-state index contributed by atoms with van der Waals surface area (Å²) >= 11 is 1.44. The van der Waals surface area contributed by atoms with Gasteiger partial charge in [-0.2, -0.15) is 11.8 Å². The molecule has 0 aliphatic rings. The second kappa shape index (κ2) is 28.9. The van der Waals surface area contributed by atoms with Crippen molar-refractivity contribution in [3.8, 4) is 0 Å². The maximum Gasteiger partial charge on any atom is 0.329 e. The number of aliphatic carboxylic acids is 2. The molecule has 356 valence electrons. The van der Waals surface area contributed by atoms with Gasteiger partial charge in [0.2, 0.25) is 35.4 Å². The number of esters is 1. The summed E-state index contributed by atoms with van der Waals surface area (Å²) in [6.07, 6.45) is 0.178. The smallest absolute Gasteiger partial charge is 0.329 e. The fraction of sp³-hybridized carbons (Fsp3) is 0.775. The van der Waals surface area contributed by atoms with Crippen molar-refractivity contribution in [2.24, 2.45) is 40.9 Å². The van der Waals surface area contributed by atoms with Gasteiger partial charge in [-0.1, -0.05) is 61.8 Å². The lowest BCUT2D eigenvalue weighted by atomic mass is 9.97. The molecule has 0 aliphatic heterocycles. The fourth-order valence-corrected chi connectivity index (χ4v) is 6.54. The molecule has 0 radical (unpaired) electrons. The number of ether oxygens (including phenoxy) is 1. The van der Waals surface area contributed by atoms with Crippen molar-refractivity contribution >= 4 is 65.1 Å². The van der Waals surface area contributed by atoms with E-state index in [4.69, 9.17) is 27.0 Å². The van der Waals surface area contributed by atoms with Crippen molar-refractivity contribution in [3.05, 3.63) is 0 Å². The van der Waals surface area contributed by atoms with E-state index in [2.05, 4.69) is 31.9 Å². The van der Waals surface area contributed by atoms with E-state index in [9.17, 15) is 48.3 Å². The Labute approximate surface area is 369 Å². The van der Waals surface area contributed by atoms with Crippen molar-refractivity contribution in [2.75, 3.05) is 18.6 Å². The van der Waals surface area contributed by atoms with Crippen LogP contribution in [0.5, 0.6) is 0 Å². The molecule has 14 N–H and O–H groups in total. The number of nitrogens with one attached hydrogen (secondary N) is 6. The summed E-state index contributed by atoms with van der Waals surface area (Å²) in [6, 6.07) is -9.51. The maximum absolute atomic E-state index is 13.9. The first-order valence-electron chi connectivity index (χ1n) is 20.9. The molecule has 10 atom stereocenters. The zero-order valence-corrected chi connectivity index (χ0v) is 38.6. The molecule has 0 bridgehead atoms. The van der Waals surface area contributed by atoms with Crippen molar-refractivity contribution in [1.82, 2.24) is 31.9 Å². The van der Waals surface area contributed by atoms with Crippen LogP contribution in [-0.2, 0) is 47.9 Å². The number of rotatable bonds is 31. The highest BCUT2D eigenvalue weighted by molar-refractivity contribution is 7.98. The third-order valence-corrected chi connectivity index (χ3v) is 10.4. The molecule has 0 unspecified atom stereocenters. The summed E-state index contributed by atoms with van der Waals surface area (Å²) in [7, 11) is 0. The SMILES string of the molecule is CC[C@H](C)[C@H](NC(=O)[C@H](C)N)C(=O)N[C@@H](CC(=O)O)C(=O)O[C@@H](CN[C@@H](CCSC)C(=O)N[C@H](C(=O)N[C@@H](CC(C)C)C(=O)N[C@@H](CC(=O)O)C(N)=O)C(C)C)[C@@H](N)CC(C)C. The van der Waals surface area contributed by atoms with E-state index in [0.717, 1.165) is 0 Å². The number of thioether (sulfide) groups is 1. The third-order valence-electron chi connectivity index (χ3n) is 9.79. The molecule has 0 fully saturated rings. The molecule has 0 saturated carbocycles. The Morgan fingerprint density at radius 2 is 1.11 bits per heavy atom. The number of primary amides is 1. The van der Waals surface area contributed by atoms with Gasteiger partial charge in [-0.05, 0) is 61.9 Å². The Hall–Kier alpha value is -4.54. The molecule has 0 spiro atoms. The number of nitrogens with two attached hydrogens (primary N) is 3. The zero-order valence-electron chi connectivity index (χ0n) is 37.8. The predicted molar refractivity (Wildman–Crippen MR) is 233 cm³/mol. The first-order chi connectivity index (χ1) is 28.7. The molecule has 21 nitrogen and oxygen atoms in total. The molecule has 0 rings (SSSR count). The Morgan fingerprint density at radius 3 is 1.58 bits per heavy atom. The molecule has 0 saturated heterocycles. The van der Waals surface area contributed by atoms with Crippen LogP contribution in [0.15, 0.2) is 0 Å². The van der Waals surface area contributed by atoms with E-state index in [0.29, 0.717) is 18.6 Å². The van der Waals surface area contributed by atoms with Gasteiger partial charge in [-0.25, -0.2) is 4.79 Å². The molecule has 0 aromatic rings. The van der Waals surface area contributed by atoms with Crippen LogP contribution in [0.3, 0.4) is 0 Å². The predicted octanol–water partition coefficient (Wildman–Crippen LogP) is -1.06. The van der Waals surface area contributed by atoms with Crippen LogP contribution in [0.1, 0.15) is 101 Å². The highest BCUT2D eigenvalue weighted by Gasteiger charge is 2.36. The number of hydrogen-bond donors (Lipinski definition) is 11. The van der Waals surface area contributed by atoms with Crippen molar-refractivity contribution in [1.29, 1.82) is 0 Å². The molecule has 6 amide bonds. The number of carboxylic acid groups (broad SMARTS) is 2. The van der Waals surface area contributed by atoms with E-state index in [-0.39, 0.29) is 31.2 Å². The normalized spacial score (nSPS) is 16.3. The topological polar surface area (TPSA) is 354 Å². The Morgan fingerprint density at radius 1 is 0.629 bits per heavy atom. The molecule has 0 aromatic carbocycles. The minimum Gasteiger partial charge on any atom is -0.481 e. The minimum atomic E-state index is -1.69. The lowest BCUT2D eigenvalue weighted by Crippen LogP contribution is -2.60. The molecule has 22 heteroatoms. The van der Waals surface area contributed by atoms with Gasteiger partial charge in [0.15, 0.2) is 0 Å². The zero-order chi connectivity index (χ0) is 48.0. The number of carbonyl (C=O) groups is 9. The number of carboxylic acids is 2. The average molecular weight is 904 g/mol. The van der Waals surface area contributed by atoms with Crippen LogP contribution in [0.25, 0.3) is 0 Å². The second-order valence-electron chi connectivity index (χ2n) is 16.8. The molecular weight excluding hydrogens is 831 g/mol. The van der Waals surface area contributed by atoms with Gasteiger partial charge in [0, 0.05) is 12.6 Å². The van der Waals surface area contributed by atoms with E-state index in [1.807, 2.05) is 20.1 Å². The van der Waals surface area contributed by atoms with Gasteiger partial charge < -0.3 is 64.1 Å². The molecule has 0 aromatic heterocycles. The summed E-state index contributed by atoms with van der Waals surface area (Å²) in [5.41, 5.74) is 17.5. The van der Waals surface area contributed by atoms with Gasteiger partial charge in [0.1, 0.15) is 36.3 Å². The van der Waals surface area contributed by atoms with Gasteiger partial charge >= 0.3 is 17.9 Å². The maximum atomic E-state index is 13.9. The summed E-state index contributed by atoms with van der Waals surface area (Å²) in [4.78, 5) is 115. The minimum absolute atomic E-state index is 0.0203. The second-order valence-corrected chi connectivity index (χ2v) is 17.8. The van der Waals surface area contributed by atoms with Crippen LogP contribution in [0.2, 0.25) is 0 Å². The molecule has 0 heterocycles. The van der Waals surface area contributed by atoms with Crippen LogP contribution < -0.4 is 49.1 Å². The number of carbonyl (C=O) groups excluding carboxylic acids is 7. The van der Waals surface area contributed by atoms with Gasteiger partial charge in [0.25, 0.3) is 0 Å². The Bertz CT molecular complexity index is 1520. The molecular formula is C40H73N9O12S. The molecule has 0 aliphatic carbocycles. The third kappa shape index (κ3) is 22.0. The monoisotopic (exact) mass is 904 g/mol. The highest BCUT2D eigenvalue weighted by Crippen LogP contribution is 2.15. The van der Waals surface area contributed by atoms with E-state index in [1.54, 1.807) is 41.5 Å². The Kier molecular flexibility index (Phi) is 26.8. The van der Waals surface area contributed by atoms with Gasteiger partial charge in [-0.3, -0.25) is 38.4 Å². The summed E-state index contributed by atoms with van der Waals surface area (Å²) in [5.74, 6) is -9.17. The first kappa shape index (κ1) is 57.5. The van der Waals surface area contributed by atoms with Gasteiger partial charge in [0.05, 0.1) is 24.9 Å². The van der Waals surface area contributed by atoms with Crippen molar-refractivity contribution < 1.29 is 58.1 Å². The van der Waals surface area contributed by atoms with Crippen LogP contribution >= 0.6 is 11.8 Å². The highest BCUT2D eigenvalue weighted by atomic mass is 32.2. The van der Waals surface area contributed by atoms with Crippen LogP contribution in [0.4, 0.5) is 0 Å². The average Bonchev–Trinajstić information content (AvgIpc) is 3.15. The standard InChI is InChI=1S/C40H73N9O12S/c1-11-22(8)33(49-35(55)23(9)41)39(59)47-28(17-31(52)53)40(60)61-29(24(42)14-19(2)3)18-44-25(12-13-62-10)36(56)48-32(21(6)7)38(58)46-27(15-20(4)5)37(57)45-26(34(43)54)16-30(50)51/h19-29,32-33,44H,11-18,41-42H2,1-10H3,(H2,43,54)(H,45,57)(H,46,58)(H,47,59)(H,48,56)(H,49,55)(H,50,51)(H,52,53)/t22-,23-,24-,25-,26-,27-,28-,29-,32-,33-/m0/s1. The Balaban J connectivity index is 6.47. The van der Waals surface area contributed by atoms with E-state index >= 15 is 0 Å². The van der Waals surface area contributed by atoms with Crippen LogP contribution in [-0.4, -0.2) is 137 Å². The van der Waals surface area contributed by atoms with Crippen molar-refractivity contribution in [3.63, 3.8) is 0 Å². The van der Waals surface area contributed by atoms with Crippen molar-refractivity contribution in [2.45, 2.75) is 155 Å². The quantitative estimate of drug-likeness (QED) is 0.0369.